The third kappa shape index (κ3) is 5.21. The van der Waals surface area contributed by atoms with E-state index < -0.39 is 0 Å². The molecule has 3 rings (SSSR count). The number of hydrogen-bond acceptors (Lipinski definition) is 3. The van der Waals surface area contributed by atoms with Crippen molar-refractivity contribution in [2.75, 3.05) is 24.5 Å². The van der Waals surface area contributed by atoms with Crippen molar-refractivity contribution in [2.45, 2.75) is 13.0 Å². The molecule has 0 spiro atoms. The van der Waals surface area contributed by atoms with Crippen molar-refractivity contribution in [1.29, 1.82) is 0 Å². The van der Waals surface area contributed by atoms with Gasteiger partial charge in [0.2, 0.25) is 0 Å². The van der Waals surface area contributed by atoms with Crippen LogP contribution < -0.4 is 16.0 Å². The van der Waals surface area contributed by atoms with Gasteiger partial charge in [0, 0.05) is 41.9 Å². The number of amides is 1. The van der Waals surface area contributed by atoms with Crippen molar-refractivity contribution in [2.24, 2.45) is 11.7 Å². The molecule has 134 valence electrons. The molecule has 1 aliphatic heterocycles. The fourth-order valence-corrected chi connectivity index (χ4v) is 3.43. The van der Waals surface area contributed by atoms with E-state index in [2.05, 4.69) is 44.3 Å². The normalized spacial score (nSPS) is 16.4. The lowest BCUT2D eigenvalue weighted by atomic mass is 10.1. The predicted octanol–water partition coefficient (Wildman–Crippen LogP) is 3.59. The van der Waals surface area contributed by atoms with Gasteiger partial charge in [-0.05, 0) is 48.2 Å². The fraction of sp³-hybridized carbons (Fsp3) is 0.316. The first-order chi connectivity index (χ1) is 11.7. The quantitative estimate of drug-likeness (QED) is 0.771. The van der Waals surface area contributed by atoms with Crippen molar-refractivity contribution < 1.29 is 4.79 Å². The Morgan fingerprint density at radius 1 is 1.24 bits per heavy atom. The summed E-state index contributed by atoms with van der Waals surface area (Å²) in [6.07, 6.45) is 1.10. The van der Waals surface area contributed by atoms with Gasteiger partial charge in [-0.2, -0.15) is 0 Å². The number of rotatable bonds is 5. The maximum absolute atomic E-state index is 12.2. The number of hydrogen-bond donors (Lipinski definition) is 2. The number of anilines is 1. The lowest BCUT2D eigenvalue weighted by molar-refractivity contribution is 0.0948. The SMILES string of the molecule is Cl.NCc1ccc(C(=O)NCC2CCN(c3cccc(Br)c3)C2)cc1. The Labute approximate surface area is 163 Å². The van der Waals surface area contributed by atoms with Crippen LogP contribution >= 0.6 is 28.3 Å². The van der Waals surface area contributed by atoms with E-state index in [9.17, 15) is 4.79 Å². The fourth-order valence-electron chi connectivity index (χ4n) is 3.04. The van der Waals surface area contributed by atoms with E-state index in [4.69, 9.17) is 5.73 Å². The van der Waals surface area contributed by atoms with E-state index in [0.717, 1.165) is 29.5 Å². The lowest BCUT2D eigenvalue weighted by Gasteiger charge is -2.19. The Morgan fingerprint density at radius 3 is 2.68 bits per heavy atom. The van der Waals surface area contributed by atoms with Crippen LogP contribution in [0.15, 0.2) is 53.0 Å². The van der Waals surface area contributed by atoms with Gasteiger partial charge < -0.3 is 16.0 Å². The monoisotopic (exact) mass is 423 g/mol. The van der Waals surface area contributed by atoms with Crippen LogP contribution in [0.25, 0.3) is 0 Å². The molecule has 0 aliphatic carbocycles. The minimum Gasteiger partial charge on any atom is -0.371 e. The summed E-state index contributed by atoms with van der Waals surface area (Å²) in [4.78, 5) is 14.6. The second kappa shape index (κ2) is 9.22. The second-order valence-electron chi connectivity index (χ2n) is 6.19. The average molecular weight is 425 g/mol. The number of nitrogens with zero attached hydrogens (tertiary/aromatic N) is 1. The molecule has 0 radical (unpaired) electrons. The summed E-state index contributed by atoms with van der Waals surface area (Å²) in [6, 6.07) is 15.8. The first-order valence-electron chi connectivity index (χ1n) is 8.23. The van der Waals surface area contributed by atoms with Crippen molar-refractivity contribution in [3.63, 3.8) is 0 Å². The van der Waals surface area contributed by atoms with Gasteiger partial charge in [-0.25, -0.2) is 0 Å². The minimum atomic E-state index is -0.0144. The molecule has 2 aromatic carbocycles. The van der Waals surface area contributed by atoms with Crippen molar-refractivity contribution >= 4 is 39.9 Å². The van der Waals surface area contributed by atoms with E-state index in [1.54, 1.807) is 0 Å². The summed E-state index contributed by atoms with van der Waals surface area (Å²) in [5.41, 5.74) is 8.53. The summed E-state index contributed by atoms with van der Waals surface area (Å²) in [7, 11) is 0. The Balaban J connectivity index is 0.00000225. The van der Waals surface area contributed by atoms with Crippen molar-refractivity contribution in [3.8, 4) is 0 Å². The van der Waals surface area contributed by atoms with Crippen LogP contribution in [0.4, 0.5) is 5.69 Å². The molecule has 6 heteroatoms. The first kappa shape index (κ1) is 19.8. The number of nitrogens with two attached hydrogens (primary N) is 1. The number of nitrogens with one attached hydrogen (secondary N) is 1. The Morgan fingerprint density at radius 2 is 2.00 bits per heavy atom. The highest BCUT2D eigenvalue weighted by Gasteiger charge is 2.23. The summed E-state index contributed by atoms with van der Waals surface area (Å²) >= 11 is 3.52. The zero-order valence-electron chi connectivity index (χ0n) is 14.0. The maximum atomic E-state index is 12.2. The third-order valence-corrected chi connectivity index (χ3v) is 4.96. The van der Waals surface area contributed by atoms with Crippen LogP contribution in [-0.2, 0) is 6.54 Å². The number of carbonyl (C=O) groups is 1. The zero-order valence-corrected chi connectivity index (χ0v) is 16.4. The predicted molar refractivity (Wildman–Crippen MR) is 108 cm³/mol. The molecule has 1 aliphatic rings. The third-order valence-electron chi connectivity index (χ3n) is 4.46. The molecule has 25 heavy (non-hydrogen) atoms. The highest BCUT2D eigenvalue weighted by Crippen LogP contribution is 2.25. The molecule has 1 heterocycles. The molecule has 4 nitrogen and oxygen atoms in total. The van der Waals surface area contributed by atoms with Gasteiger partial charge in [-0.15, -0.1) is 12.4 Å². The summed E-state index contributed by atoms with van der Waals surface area (Å²) in [5.74, 6) is 0.468. The highest BCUT2D eigenvalue weighted by molar-refractivity contribution is 9.10. The molecule has 1 saturated heterocycles. The standard InChI is InChI=1S/C19H22BrN3O.ClH/c20-17-2-1-3-18(10-17)23-9-8-15(13-23)12-22-19(24)16-6-4-14(11-21)5-7-16;/h1-7,10,15H,8-9,11-13,21H2,(H,22,24);1H. The molecular weight excluding hydrogens is 402 g/mol. The Kier molecular flexibility index (Phi) is 7.29. The smallest absolute Gasteiger partial charge is 0.251 e. The molecule has 0 bridgehead atoms. The van der Waals surface area contributed by atoms with Gasteiger partial charge in [0.1, 0.15) is 0 Å². The first-order valence-corrected chi connectivity index (χ1v) is 9.03. The average Bonchev–Trinajstić information content (AvgIpc) is 3.09. The molecule has 0 saturated carbocycles. The van der Waals surface area contributed by atoms with Gasteiger partial charge in [0.05, 0.1) is 0 Å². The molecule has 0 aromatic heterocycles. The van der Waals surface area contributed by atoms with Crippen molar-refractivity contribution in [1.82, 2.24) is 5.32 Å². The summed E-state index contributed by atoms with van der Waals surface area (Å²) in [5, 5.41) is 3.06. The van der Waals surface area contributed by atoms with Crippen LogP contribution in [0.3, 0.4) is 0 Å². The van der Waals surface area contributed by atoms with Crippen LogP contribution in [0.1, 0.15) is 22.3 Å². The Bertz CT molecular complexity index is 708. The van der Waals surface area contributed by atoms with Gasteiger partial charge in [-0.3, -0.25) is 4.79 Å². The maximum Gasteiger partial charge on any atom is 0.251 e. The van der Waals surface area contributed by atoms with Gasteiger partial charge in [0.15, 0.2) is 0 Å². The van der Waals surface area contributed by atoms with Crippen LogP contribution in [0, 0.1) is 5.92 Å². The number of benzene rings is 2. The van der Waals surface area contributed by atoms with E-state index in [1.165, 1.54) is 5.69 Å². The zero-order chi connectivity index (χ0) is 16.9. The van der Waals surface area contributed by atoms with E-state index in [-0.39, 0.29) is 18.3 Å². The van der Waals surface area contributed by atoms with Gasteiger partial charge >= 0.3 is 0 Å². The van der Waals surface area contributed by atoms with Gasteiger partial charge in [0.25, 0.3) is 5.91 Å². The van der Waals surface area contributed by atoms with Crippen molar-refractivity contribution in [3.05, 3.63) is 64.1 Å². The number of halogens is 2. The molecular formula is C19H23BrClN3O. The summed E-state index contributed by atoms with van der Waals surface area (Å²) < 4.78 is 1.10. The topological polar surface area (TPSA) is 58.4 Å². The molecule has 1 atom stereocenters. The molecule has 1 fully saturated rings. The number of carbonyl (C=O) groups excluding carboxylic acids is 1. The van der Waals surface area contributed by atoms with E-state index in [0.29, 0.717) is 24.6 Å². The minimum absolute atomic E-state index is 0. The van der Waals surface area contributed by atoms with Gasteiger partial charge in [-0.1, -0.05) is 34.1 Å². The van der Waals surface area contributed by atoms with Crippen LogP contribution in [0.2, 0.25) is 0 Å². The van der Waals surface area contributed by atoms with Crippen LogP contribution in [0.5, 0.6) is 0 Å². The molecule has 1 amide bonds. The summed E-state index contributed by atoms with van der Waals surface area (Å²) in [6.45, 7) is 3.21. The largest absolute Gasteiger partial charge is 0.371 e. The molecule has 3 N–H and O–H groups in total. The molecule has 1 unspecified atom stereocenters. The lowest BCUT2D eigenvalue weighted by Crippen LogP contribution is -2.31. The Hall–Kier alpha value is -1.56. The highest BCUT2D eigenvalue weighted by atomic mass is 79.9. The van der Waals surface area contributed by atoms with E-state index >= 15 is 0 Å². The van der Waals surface area contributed by atoms with Crippen LogP contribution in [-0.4, -0.2) is 25.5 Å². The van der Waals surface area contributed by atoms with E-state index in [1.807, 2.05) is 30.3 Å². The molecule has 2 aromatic rings. The second-order valence-corrected chi connectivity index (χ2v) is 7.11.